The van der Waals surface area contributed by atoms with Crippen LogP contribution >= 0.6 is 0 Å². The monoisotopic (exact) mass is 450 g/mol. The molecule has 172 valence electrons. The van der Waals surface area contributed by atoms with Crippen molar-refractivity contribution in [3.63, 3.8) is 0 Å². The molecule has 0 aliphatic rings. The molecule has 0 spiro atoms. The third-order valence-electron chi connectivity index (χ3n) is 4.86. The lowest BCUT2D eigenvalue weighted by molar-refractivity contribution is -0.126. The molecule has 33 heavy (non-hydrogen) atoms. The second-order valence-electron chi connectivity index (χ2n) is 7.45. The van der Waals surface area contributed by atoms with Crippen LogP contribution in [0.3, 0.4) is 0 Å². The Morgan fingerprint density at radius 2 is 1.24 bits per heavy atom. The minimum atomic E-state index is -0.307. The van der Waals surface area contributed by atoms with E-state index in [0.29, 0.717) is 17.9 Å². The van der Waals surface area contributed by atoms with E-state index in [4.69, 9.17) is 4.74 Å². The molecule has 2 amide bonds. The zero-order valence-corrected chi connectivity index (χ0v) is 18.0. The summed E-state index contributed by atoms with van der Waals surface area (Å²) in [5.74, 6) is -0.745. The average molecular weight is 450 g/mol. The number of phenolic OH excluding ortho intramolecular Hbond substituents is 3. The Hall–Kier alpha value is -4.20. The van der Waals surface area contributed by atoms with Crippen LogP contribution in [0.5, 0.6) is 23.0 Å². The Bertz CT molecular complexity index is 1100. The van der Waals surface area contributed by atoms with Gasteiger partial charge in [-0.05, 0) is 41.0 Å². The van der Waals surface area contributed by atoms with Gasteiger partial charge in [0.15, 0.2) is 23.0 Å². The van der Waals surface area contributed by atoms with Crippen molar-refractivity contribution in [1.82, 2.24) is 10.6 Å². The van der Waals surface area contributed by atoms with Crippen LogP contribution in [0.25, 0.3) is 0 Å². The molecule has 3 aromatic carbocycles. The highest BCUT2D eigenvalue weighted by molar-refractivity contribution is 5.83. The quantitative estimate of drug-likeness (QED) is 0.302. The molecule has 0 fully saturated rings. The van der Waals surface area contributed by atoms with Crippen molar-refractivity contribution in [3.05, 3.63) is 83.4 Å². The van der Waals surface area contributed by atoms with Crippen LogP contribution in [0.4, 0.5) is 0 Å². The SMILES string of the molecule is O=C(CCC(=O)NCc1ccc(O)c(OCc2ccccc2)c1)NCc1ccc(O)c(O)c1. The van der Waals surface area contributed by atoms with E-state index in [1.54, 1.807) is 18.2 Å². The van der Waals surface area contributed by atoms with Crippen LogP contribution in [0.2, 0.25) is 0 Å². The standard InChI is InChI=1S/C25H26N2O6/c28-20-8-6-18(12-22(20)30)14-26-24(31)10-11-25(32)27-15-19-7-9-21(29)23(13-19)33-16-17-4-2-1-3-5-17/h1-9,12-13,28-30H,10-11,14-16H2,(H,26,31)(H,27,32). The Morgan fingerprint density at radius 3 is 1.85 bits per heavy atom. The molecule has 0 unspecified atom stereocenters. The molecule has 3 aromatic rings. The van der Waals surface area contributed by atoms with E-state index in [9.17, 15) is 24.9 Å². The van der Waals surface area contributed by atoms with Crippen LogP contribution in [-0.4, -0.2) is 27.1 Å². The maximum atomic E-state index is 12.1. The normalized spacial score (nSPS) is 10.4. The average Bonchev–Trinajstić information content (AvgIpc) is 2.82. The van der Waals surface area contributed by atoms with Gasteiger partial charge in [-0.1, -0.05) is 42.5 Å². The zero-order chi connectivity index (χ0) is 23.6. The third-order valence-corrected chi connectivity index (χ3v) is 4.86. The van der Waals surface area contributed by atoms with Crippen LogP contribution in [0.15, 0.2) is 66.7 Å². The summed E-state index contributed by atoms with van der Waals surface area (Å²) in [6.45, 7) is 0.714. The molecule has 0 saturated carbocycles. The summed E-state index contributed by atoms with van der Waals surface area (Å²) in [6, 6.07) is 18.7. The first-order valence-corrected chi connectivity index (χ1v) is 10.4. The highest BCUT2D eigenvalue weighted by atomic mass is 16.5. The maximum absolute atomic E-state index is 12.1. The van der Waals surface area contributed by atoms with Crippen molar-refractivity contribution in [3.8, 4) is 23.0 Å². The molecule has 0 atom stereocenters. The number of aromatic hydroxyl groups is 3. The summed E-state index contributed by atoms with van der Waals surface area (Å²) in [6.07, 6.45) is 0.0268. The molecule has 8 nitrogen and oxygen atoms in total. The summed E-state index contributed by atoms with van der Waals surface area (Å²) in [7, 11) is 0. The van der Waals surface area contributed by atoms with E-state index in [-0.39, 0.29) is 55.0 Å². The zero-order valence-electron chi connectivity index (χ0n) is 18.0. The van der Waals surface area contributed by atoms with Gasteiger partial charge in [0.2, 0.25) is 11.8 Å². The van der Waals surface area contributed by atoms with Gasteiger partial charge in [0.25, 0.3) is 0 Å². The number of carbonyl (C=O) groups is 2. The molecular formula is C25H26N2O6. The van der Waals surface area contributed by atoms with Crippen molar-refractivity contribution >= 4 is 11.8 Å². The van der Waals surface area contributed by atoms with Gasteiger partial charge in [0.1, 0.15) is 6.61 Å². The third kappa shape index (κ3) is 7.46. The maximum Gasteiger partial charge on any atom is 0.220 e. The van der Waals surface area contributed by atoms with E-state index >= 15 is 0 Å². The largest absolute Gasteiger partial charge is 0.504 e. The summed E-state index contributed by atoms with van der Waals surface area (Å²) < 4.78 is 5.68. The minimum Gasteiger partial charge on any atom is -0.504 e. The lowest BCUT2D eigenvalue weighted by atomic mass is 10.2. The van der Waals surface area contributed by atoms with E-state index in [1.807, 2.05) is 30.3 Å². The van der Waals surface area contributed by atoms with Gasteiger partial charge in [-0.25, -0.2) is 0 Å². The minimum absolute atomic E-state index is 0.0108. The van der Waals surface area contributed by atoms with E-state index in [2.05, 4.69) is 10.6 Å². The number of amides is 2. The van der Waals surface area contributed by atoms with Crippen LogP contribution in [0.1, 0.15) is 29.5 Å². The molecule has 0 aromatic heterocycles. The van der Waals surface area contributed by atoms with Gasteiger partial charge in [0.05, 0.1) is 0 Å². The van der Waals surface area contributed by atoms with Gasteiger partial charge >= 0.3 is 0 Å². The van der Waals surface area contributed by atoms with Crippen molar-refractivity contribution < 1.29 is 29.6 Å². The molecule has 0 aliphatic heterocycles. The lowest BCUT2D eigenvalue weighted by Gasteiger charge is -2.11. The fourth-order valence-corrected chi connectivity index (χ4v) is 3.00. The summed E-state index contributed by atoms with van der Waals surface area (Å²) >= 11 is 0. The first-order chi connectivity index (χ1) is 15.9. The molecule has 8 heteroatoms. The Kier molecular flexibility index (Phi) is 8.13. The predicted molar refractivity (Wildman–Crippen MR) is 122 cm³/mol. The highest BCUT2D eigenvalue weighted by Crippen LogP contribution is 2.28. The first-order valence-electron chi connectivity index (χ1n) is 10.4. The predicted octanol–water partition coefficient (Wildman–Crippen LogP) is 3.10. The highest BCUT2D eigenvalue weighted by Gasteiger charge is 2.09. The van der Waals surface area contributed by atoms with Gasteiger partial charge < -0.3 is 30.7 Å². The number of benzene rings is 3. The second-order valence-corrected chi connectivity index (χ2v) is 7.45. The number of rotatable bonds is 10. The molecule has 3 rings (SSSR count). The fourth-order valence-electron chi connectivity index (χ4n) is 3.00. The Balaban J connectivity index is 1.40. The second kappa shape index (κ2) is 11.4. The number of hydrogen-bond acceptors (Lipinski definition) is 6. The molecular weight excluding hydrogens is 424 g/mol. The van der Waals surface area contributed by atoms with Crippen molar-refractivity contribution in [2.24, 2.45) is 0 Å². The summed E-state index contributed by atoms with van der Waals surface area (Å²) in [5, 5.41) is 34.2. The van der Waals surface area contributed by atoms with Gasteiger partial charge in [-0.2, -0.15) is 0 Å². The van der Waals surface area contributed by atoms with Crippen LogP contribution in [0, 0.1) is 0 Å². The van der Waals surface area contributed by atoms with Crippen molar-refractivity contribution in [1.29, 1.82) is 0 Å². The fraction of sp³-hybridized carbons (Fsp3) is 0.200. The van der Waals surface area contributed by atoms with Gasteiger partial charge in [-0.3, -0.25) is 9.59 Å². The number of hydrogen-bond donors (Lipinski definition) is 5. The van der Waals surface area contributed by atoms with Crippen molar-refractivity contribution in [2.45, 2.75) is 32.5 Å². The number of carbonyl (C=O) groups excluding carboxylic acids is 2. The molecule has 0 saturated heterocycles. The van der Waals surface area contributed by atoms with Crippen molar-refractivity contribution in [2.75, 3.05) is 0 Å². The van der Waals surface area contributed by atoms with Crippen LogP contribution < -0.4 is 15.4 Å². The molecule has 0 heterocycles. The molecule has 0 bridgehead atoms. The van der Waals surface area contributed by atoms with Gasteiger partial charge in [-0.15, -0.1) is 0 Å². The Morgan fingerprint density at radius 1 is 0.667 bits per heavy atom. The molecule has 0 aliphatic carbocycles. The molecule has 0 radical (unpaired) electrons. The topological polar surface area (TPSA) is 128 Å². The van der Waals surface area contributed by atoms with Gasteiger partial charge in [0, 0.05) is 25.9 Å². The number of nitrogens with one attached hydrogen (secondary N) is 2. The summed E-state index contributed by atoms with van der Waals surface area (Å²) in [5.41, 5.74) is 2.35. The first kappa shape index (κ1) is 23.5. The van der Waals surface area contributed by atoms with E-state index in [0.717, 1.165) is 11.1 Å². The van der Waals surface area contributed by atoms with E-state index in [1.165, 1.54) is 18.2 Å². The lowest BCUT2D eigenvalue weighted by Crippen LogP contribution is -2.27. The van der Waals surface area contributed by atoms with E-state index < -0.39 is 0 Å². The van der Waals surface area contributed by atoms with Crippen LogP contribution in [-0.2, 0) is 29.3 Å². The summed E-state index contributed by atoms with van der Waals surface area (Å²) in [4.78, 5) is 24.1. The number of ether oxygens (including phenoxy) is 1. The number of phenols is 3. The Labute approximate surface area is 191 Å². The smallest absolute Gasteiger partial charge is 0.220 e. The molecule has 5 N–H and O–H groups in total.